The minimum Gasteiger partial charge on any atom is -0.276 e. The van der Waals surface area contributed by atoms with Gasteiger partial charge in [-0.25, -0.2) is 0 Å². The first kappa shape index (κ1) is 12.0. The Morgan fingerprint density at radius 1 is 1.47 bits per heavy atom. The Hall–Kier alpha value is -1.43. The summed E-state index contributed by atoms with van der Waals surface area (Å²) >= 11 is 5.79. The molecule has 2 aromatic rings. The van der Waals surface area contributed by atoms with E-state index in [4.69, 9.17) is 17.4 Å². The molecule has 90 valence electrons. The van der Waals surface area contributed by atoms with E-state index in [0.29, 0.717) is 11.4 Å². The molecule has 17 heavy (non-hydrogen) atoms. The van der Waals surface area contributed by atoms with Gasteiger partial charge in [0.05, 0.1) is 22.5 Å². The second kappa shape index (κ2) is 5.27. The van der Waals surface area contributed by atoms with E-state index in [0.717, 1.165) is 11.4 Å². The Morgan fingerprint density at radius 2 is 2.29 bits per heavy atom. The van der Waals surface area contributed by atoms with E-state index >= 15 is 0 Å². The molecule has 0 spiro atoms. The fourth-order valence-electron chi connectivity index (χ4n) is 1.62. The fraction of sp³-hybridized carbons (Fsp3) is 0.273. The summed E-state index contributed by atoms with van der Waals surface area (Å²) in [5.41, 5.74) is 4.56. The highest BCUT2D eigenvalue weighted by molar-refractivity contribution is 6.30. The third-order valence-corrected chi connectivity index (χ3v) is 2.71. The summed E-state index contributed by atoms with van der Waals surface area (Å²) < 4.78 is 1.76. The second-order valence-electron chi connectivity index (χ2n) is 3.81. The van der Waals surface area contributed by atoms with Gasteiger partial charge in [0.15, 0.2) is 0 Å². The smallest absolute Gasteiger partial charge is 0.0688 e. The van der Waals surface area contributed by atoms with Crippen molar-refractivity contribution < 1.29 is 0 Å². The number of halogens is 1. The van der Waals surface area contributed by atoms with Crippen molar-refractivity contribution in [2.45, 2.75) is 12.5 Å². The molecule has 0 fully saturated rings. The van der Waals surface area contributed by atoms with Crippen LogP contribution >= 0.6 is 11.6 Å². The van der Waals surface area contributed by atoms with Gasteiger partial charge in [-0.2, -0.15) is 5.10 Å². The average Bonchev–Trinajstić information content (AvgIpc) is 2.73. The zero-order valence-corrected chi connectivity index (χ0v) is 10.2. The molecule has 0 aliphatic heterocycles. The lowest BCUT2D eigenvalue weighted by molar-refractivity contribution is 0.529. The first-order valence-electron chi connectivity index (χ1n) is 5.25. The first-order chi connectivity index (χ1) is 8.19. The molecular weight excluding hydrogens is 238 g/mol. The van der Waals surface area contributed by atoms with E-state index < -0.39 is 0 Å². The molecular formula is C11H14ClN5. The first-order valence-corrected chi connectivity index (χ1v) is 5.63. The lowest BCUT2D eigenvalue weighted by atomic mass is 10.1. The molecule has 5 nitrogen and oxygen atoms in total. The van der Waals surface area contributed by atoms with Gasteiger partial charge in [-0.05, 0) is 18.2 Å². The van der Waals surface area contributed by atoms with E-state index in [9.17, 15) is 0 Å². The molecule has 1 atom stereocenters. The van der Waals surface area contributed by atoms with E-state index in [-0.39, 0.29) is 6.04 Å². The number of hydrogen-bond donors (Lipinski definition) is 2. The lowest BCUT2D eigenvalue weighted by Crippen LogP contribution is -2.30. The van der Waals surface area contributed by atoms with Crippen LogP contribution in [0.2, 0.25) is 5.02 Å². The third kappa shape index (κ3) is 3.03. The van der Waals surface area contributed by atoms with Gasteiger partial charge in [-0.3, -0.25) is 20.9 Å². The van der Waals surface area contributed by atoms with Crippen LogP contribution in [-0.2, 0) is 13.5 Å². The number of aryl methyl sites for hydroxylation is 1. The minimum absolute atomic E-state index is 0.0674. The summed E-state index contributed by atoms with van der Waals surface area (Å²) in [5, 5.41) is 4.92. The summed E-state index contributed by atoms with van der Waals surface area (Å²) in [7, 11) is 1.88. The van der Waals surface area contributed by atoms with E-state index in [1.54, 1.807) is 16.9 Å². The molecule has 0 saturated carbocycles. The van der Waals surface area contributed by atoms with Crippen LogP contribution in [0, 0.1) is 0 Å². The predicted octanol–water partition coefficient (Wildman–Crippen LogP) is 1.22. The normalized spacial score (nSPS) is 12.6. The van der Waals surface area contributed by atoms with Gasteiger partial charge in [-0.1, -0.05) is 11.6 Å². The van der Waals surface area contributed by atoms with Crippen LogP contribution in [0.25, 0.3) is 0 Å². The van der Waals surface area contributed by atoms with Crippen LogP contribution in [0.5, 0.6) is 0 Å². The quantitative estimate of drug-likeness (QED) is 0.633. The molecule has 0 aliphatic rings. The topological polar surface area (TPSA) is 68.8 Å². The zero-order valence-electron chi connectivity index (χ0n) is 9.47. The van der Waals surface area contributed by atoms with Crippen LogP contribution in [0.3, 0.4) is 0 Å². The highest BCUT2D eigenvalue weighted by Crippen LogP contribution is 2.16. The number of rotatable bonds is 4. The SMILES string of the molecule is Cn1ccc(CC(NN)c2ccc(Cl)cn2)n1. The lowest BCUT2D eigenvalue weighted by Gasteiger charge is -2.13. The van der Waals surface area contributed by atoms with Crippen molar-refractivity contribution in [1.29, 1.82) is 0 Å². The summed E-state index contributed by atoms with van der Waals surface area (Å²) in [6, 6.07) is 5.55. The van der Waals surface area contributed by atoms with Gasteiger partial charge in [0, 0.05) is 25.9 Å². The molecule has 1 unspecified atom stereocenters. The number of hydrogen-bond acceptors (Lipinski definition) is 4. The molecule has 0 amide bonds. The van der Waals surface area contributed by atoms with Crippen molar-refractivity contribution in [3.05, 3.63) is 47.0 Å². The van der Waals surface area contributed by atoms with E-state index in [1.807, 2.05) is 25.4 Å². The minimum atomic E-state index is -0.0674. The number of nitrogens with two attached hydrogens (primary N) is 1. The molecule has 6 heteroatoms. The summed E-state index contributed by atoms with van der Waals surface area (Å²) in [6.45, 7) is 0. The Bertz CT molecular complexity index is 479. The zero-order chi connectivity index (χ0) is 12.3. The maximum Gasteiger partial charge on any atom is 0.0688 e. The molecule has 0 saturated heterocycles. The van der Waals surface area contributed by atoms with Crippen LogP contribution in [0.1, 0.15) is 17.4 Å². The molecule has 0 aromatic carbocycles. The second-order valence-corrected chi connectivity index (χ2v) is 4.24. The summed E-state index contributed by atoms with van der Waals surface area (Å²) in [6.07, 6.45) is 4.20. The molecule has 3 N–H and O–H groups in total. The molecule has 2 rings (SSSR count). The number of nitrogens with zero attached hydrogens (tertiary/aromatic N) is 3. The van der Waals surface area contributed by atoms with Gasteiger partial charge < -0.3 is 0 Å². The Labute approximate surface area is 105 Å². The highest BCUT2D eigenvalue weighted by Gasteiger charge is 2.13. The number of pyridine rings is 1. The summed E-state index contributed by atoms with van der Waals surface area (Å²) in [5.74, 6) is 5.54. The fourth-order valence-corrected chi connectivity index (χ4v) is 1.74. The van der Waals surface area contributed by atoms with Crippen molar-refractivity contribution >= 4 is 11.6 Å². The van der Waals surface area contributed by atoms with Crippen molar-refractivity contribution in [2.75, 3.05) is 0 Å². The van der Waals surface area contributed by atoms with Crippen molar-refractivity contribution in [3.8, 4) is 0 Å². The van der Waals surface area contributed by atoms with Gasteiger partial charge in [0.25, 0.3) is 0 Å². The molecule has 0 aliphatic carbocycles. The van der Waals surface area contributed by atoms with E-state index in [1.165, 1.54) is 0 Å². The van der Waals surface area contributed by atoms with Crippen molar-refractivity contribution in [3.63, 3.8) is 0 Å². The van der Waals surface area contributed by atoms with Crippen LogP contribution in [0.4, 0.5) is 0 Å². The van der Waals surface area contributed by atoms with Crippen LogP contribution in [-0.4, -0.2) is 14.8 Å². The number of aromatic nitrogens is 3. The standard InChI is InChI=1S/C11H14ClN5/c1-17-5-4-9(16-17)6-11(15-13)10-3-2-8(12)7-14-10/h2-5,7,11,15H,6,13H2,1H3. The summed E-state index contributed by atoms with van der Waals surface area (Å²) in [4.78, 5) is 4.24. The Morgan fingerprint density at radius 3 is 2.82 bits per heavy atom. The third-order valence-electron chi connectivity index (χ3n) is 2.49. The monoisotopic (exact) mass is 251 g/mol. The van der Waals surface area contributed by atoms with Crippen LogP contribution in [0.15, 0.2) is 30.6 Å². The maximum atomic E-state index is 5.79. The molecule has 2 aromatic heterocycles. The van der Waals surface area contributed by atoms with Gasteiger partial charge in [-0.15, -0.1) is 0 Å². The Kier molecular flexibility index (Phi) is 3.73. The highest BCUT2D eigenvalue weighted by atomic mass is 35.5. The average molecular weight is 252 g/mol. The number of nitrogens with one attached hydrogen (secondary N) is 1. The van der Waals surface area contributed by atoms with Gasteiger partial charge in [0.1, 0.15) is 0 Å². The Balaban J connectivity index is 2.13. The van der Waals surface area contributed by atoms with Gasteiger partial charge in [0.2, 0.25) is 0 Å². The maximum absolute atomic E-state index is 5.79. The van der Waals surface area contributed by atoms with Gasteiger partial charge >= 0.3 is 0 Å². The number of hydrazine groups is 1. The van der Waals surface area contributed by atoms with E-state index in [2.05, 4.69) is 15.5 Å². The van der Waals surface area contributed by atoms with Crippen molar-refractivity contribution in [1.82, 2.24) is 20.2 Å². The predicted molar refractivity (Wildman–Crippen MR) is 66.2 cm³/mol. The molecule has 2 heterocycles. The molecule has 0 radical (unpaired) electrons. The van der Waals surface area contributed by atoms with Crippen molar-refractivity contribution in [2.24, 2.45) is 12.9 Å². The van der Waals surface area contributed by atoms with Crippen LogP contribution < -0.4 is 11.3 Å². The molecule has 0 bridgehead atoms. The largest absolute Gasteiger partial charge is 0.276 e.